The number of hydrogen-bond donors (Lipinski definition) is 1. The summed E-state index contributed by atoms with van der Waals surface area (Å²) < 4.78 is 4.89. The third kappa shape index (κ3) is 8.93. The van der Waals surface area contributed by atoms with E-state index in [1.54, 1.807) is 11.1 Å². The zero-order valence-electron chi connectivity index (χ0n) is 13.6. The van der Waals surface area contributed by atoms with E-state index in [0.29, 0.717) is 32.4 Å². The highest BCUT2D eigenvalue weighted by Gasteiger charge is 2.12. The number of rotatable bonds is 12. The predicted molar refractivity (Wildman–Crippen MR) is 86.8 cm³/mol. The van der Waals surface area contributed by atoms with Crippen LogP contribution in [0.15, 0.2) is 24.4 Å². The summed E-state index contributed by atoms with van der Waals surface area (Å²) in [4.78, 5) is 27.9. The van der Waals surface area contributed by atoms with Crippen LogP contribution in [-0.4, -0.2) is 35.0 Å². The summed E-state index contributed by atoms with van der Waals surface area (Å²) in [6.45, 7) is 3.58. The second-order valence-corrected chi connectivity index (χ2v) is 5.33. The fraction of sp³-hybridized carbons (Fsp3) is 0.529. The van der Waals surface area contributed by atoms with E-state index in [9.17, 15) is 9.59 Å². The van der Waals surface area contributed by atoms with E-state index in [1.165, 1.54) is 0 Å². The number of carbonyl (C=O) groups is 2. The van der Waals surface area contributed by atoms with Crippen molar-refractivity contribution < 1.29 is 14.3 Å². The van der Waals surface area contributed by atoms with Gasteiger partial charge in [0.15, 0.2) is 6.23 Å². The third-order valence-electron chi connectivity index (χ3n) is 3.27. The average Bonchev–Trinajstić information content (AvgIpc) is 2.53. The number of carbonyl (C=O) groups excluding carboxylic acids is 2. The maximum absolute atomic E-state index is 11.5. The maximum atomic E-state index is 11.5. The molecule has 0 aliphatic heterocycles. The Morgan fingerprint density at radius 2 is 2.30 bits per heavy atom. The normalized spacial score (nSPS) is 12.0. The van der Waals surface area contributed by atoms with Crippen LogP contribution in [0.2, 0.25) is 0 Å². The Hall–Kier alpha value is -1.95. The molecule has 1 rings (SSSR count). The minimum atomic E-state index is -0.562. The largest absolute Gasteiger partial charge is 0.444 e. The van der Waals surface area contributed by atoms with Crippen LogP contribution in [0.5, 0.6) is 0 Å². The molecular weight excluding hydrogens is 294 g/mol. The summed E-state index contributed by atoms with van der Waals surface area (Å²) in [7, 11) is 5.94. The molecule has 2 radical (unpaired) electrons. The van der Waals surface area contributed by atoms with Gasteiger partial charge in [-0.15, -0.1) is 0 Å². The molecule has 0 spiro atoms. The number of nitrogens with one attached hydrogen (secondary N) is 1. The van der Waals surface area contributed by atoms with Gasteiger partial charge in [-0.05, 0) is 37.9 Å². The molecule has 0 aliphatic carbocycles. The minimum absolute atomic E-state index is 0.102. The monoisotopic (exact) mass is 319 g/mol. The quantitative estimate of drug-likeness (QED) is 0.277. The topological polar surface area (TPSA) is 71.5 Å². The summed E-state index contributed by atoms with van der Waals surface area (Å²) in [6.07, 6.45) is 4.57. The molecule has 0 aliphatic rings. The highest BCUT2D eigenvalue weighted by atomic mass is 16.5. The number of pyridine rings is 1. The molecule has 1 aromatic rings. The lowest BCUT2D eigenvalue weighted by atomic mass is 10.2. The molecule has 0 aromatic carbocycles. The molecule has 1 heterocycles. The molecule has 23 heavy (non-hydrogen) atoms. The lowest BCUT2D eigenvalue weighted by Gasteiger charge is -2.18. The number of amides is 1. The van der Waals surface area contributed by atoms with Crippen molar-refractivity contribution in [3.63, 3.8) is 0 Å². The Balaban J connectivity index is 2.22. The van der Waals surface area contributed by atoms with E-state index in [4.69, 9.17) is 11.8 Å². The van der Waals surface area contributed by atoms with E-state index < -0.39 is 6.23 Å². The molecule has 1 atom stereocenters. The standard InChI is InChI=1S/C17H25N3O3/c1-3-8-16(22)19-17(23-14-21)10-5-7-12-20(2)13-15-9-4-6-11-18-15/h2,4,6,9,11,14,17H,3,5,7-8,10,12-13H2,1H3,(H,19,22). The molecule has 0 saturated heterocycles. The summed E-state index contributed by atoms with van der Waals surface area (Å²) in [6, 6.07) is 5.72. The highest BCUT2D eigenvalue weighted by Crippen LogP contribution is 2.06. The second-order valence-electron chi connectivity index (χ2n) is 5.33. The van der Waals surface area contributed by atoms with Gasteiger partial charge in [-0.1, -0.05) is 13.0 Å². The maximum Gasteiger partial charge on any atom is 0.295 e. The van der Waals surface area contributed by atoms with Gasteiger partial charge in [-0.2, -0.15) is 0 Å². The Kier molecular flexibility index (Phi) is 9.63. The van der Waals surface area contributed by atoms with Crippen molar-refractivity contribution in [2.75, 3.05) is 6.54 Å². The molecule has 0 saturated carbocycles. The number of nitrogens with zero attached hydrogens (tertiary/aromatic N) is 2. The third-order valence-corrected chi connectivity index (χ3v) is 3.27. The van der Waals surface area contributed by atoms with Gasteiger partial charge >= 0.3 is 0 Å². The van der Waals surface area contributed by atoms with Crippen LogP contribution in [-0.2, 0) is 20.9 Å². The zero-order valence-corrected chi connectivity index (χ0v) is 13.6. The van der Waals surface area contributed by atoms with Gasteiger partial charge in [0.2, 0.25) is 5.91 Å². The molecular formula is C17H25N3O3. The Labute approximate surface area is 138 Å². The number of aromatic nitrogens is 1. The first-order chi connectivity index (χ1) is 11.2. The molecule has 1 N–H and O–H groups in total. The Morgan fingerprint density at radius 3 is 2.96 bits per heavy atom. The van der Waals surface area contributed by atoms with Crippen LogP contribution >= 0.6 is 0 Å². The van der Waals surface area contributed by atoms with Crippen molar-refractivity contribution in [2.45, 2.75) is 51.8 Å². The van der Waals surface area contributed by atoms with Crippen molar-refractivity contribution in [1.82, 2.24) is 15.2 Å². The van der Waals surface area contributed by atoms with Crippen LogP contribution in [0.4, 0.5) is 0 Å². The van der Waals surface area contributed by atoms with E-state index in [0.717, 1.165) is 25.0 Å². The summed E-state index contributed by atoms with van der Waals surface area (Å²) in [5, 5.41) is 2.70. The lowest BCUT2D eigenvalue weighted by Crippen LogP contribution is -2.36. The first kappa shape index (κ1) is 19.1. The van der Waals surface area contributed by atoms with Crippen molar-refractivity contribution in [1.29, 1.82) is 0 Å². The number of ether oxygens (including phenoxy) is 1. The number of hydrogen-bond acceptors (Lipinski definition) is 5. The molecule has 6 nitrogen and oxygen atoms in total. The first-order valence-electron chi connectivity index (χ1n) is 7.93. The Bertz CT molecular complexity index is 454. The van der Waals surface area contributed by atoms with Gasteiger partial charge in [-0.25, -0.2) is 0 Å². The van der Waals surface area contributed by atoms with Gasteiger partial charge < -0.3 is 10.1 Å². The van der Waals surface area contributed by atoms with Crippen molar-refractivity contribution in [3.05, 3.63) is 37.1 Å². The summed E-state index contributed by atoms with van der Waals surface area (Å²) in [5.74, 6) is -0.102. The van der Waals surface area contributed by atoms with E-state index >= 15 is 0 Å². The van der Waals surface area contributed by atoms with E-state index in [-0.39, 0.29) is 5.91 Å². The molecule has 1 unspecified atom stereocenters. The lowest BCUT2D eigenvalue weighted by molar-refractivity contribution is -0.138. The van der Waals surface area contributed by atoms with Crippen LogP contribution in [0, 0.1) is 7.05 Å². The molecule has 1 aromatic heterocycles. The smallest absolute Gasteiger partial charge is 0.295 e. The van der Waals surface area contributed by atoms with Crippen LogP contribution < -0.4 is 5.32 Å². The fourth-order valence-corrected chi connectivity index (χ4v) is 2.14. The van der Waals surface area contributed by atoms with Gasteiger partial charge in [0.25, 0.3) is 6.47 Å². The molecule has 6 heteroatoms. The van der Waals surface area contributed by atoms with Gasteiger partial charge in [0.1, 0.15) is 0 Å². The van der Waals surface area contributed by atoms with E-state index in [2.05, 4.69) is 10.3 Å². The SMILES string of the molecule is [CH]N(CCCCC(NC(=O)CCC)OC=O)Cc1ccccn1. The predicted octanol–water partition coefficient (Wildman–Crippen LogP) is 2.14. The minimum Gasteiger partial charge on any atom is -0.444 e. The average molecular weight is 319 g/mol. The highest BCUT2D eigenvalue weighted by molar-refractivity contribution is 5.76. The molecule has 126 valence electrons. The molecule has 1 amide bonds. The fourth-order valence-electron chi connectivity index (χ4n) is 2.14. The summed E-state index contributed by atoms with van der Waals surface area (Å²) in [5.41, 5.74) is 0.920. The van der Waals surface area contributed by atoms with Crippen molar-refractivity contribution >= 4 is 12.4 Å². The zero-order chi connectivity index (χ0) is 16.9. The van der Waals surface area contributed by atoms with Crippen LogP contribution in [0.1, 0.15) is 44.7 Å². The van der Waals surface area contributed by atoms with Crippen LogP contribution in [0.3, 0.4) is 0 Å². The molecule has 0 bridgehead atoms. The van der Waals surface area contributed by atoms with Crippen molar-refractivity contribution in [2.24, 2.45) is 0 Å². The Morgan fingerprint density at radius 1 is 1.48 bits per heavy atom. The van der Waals surface area contributed by atoms with Crippen molar-refractivity contribution in [3.8, 4) is 0 Å². The second kappa shape index (κ2) is 11.6. The molecule has 0 fully saturated rings. The first-order valence-corrected chi connectivity index (χ1v) is 7.93. The van der Waals surface area contributed by atoms with Gasteiger partial charge in [0, 0.05) is 32.6 Å². The van der Waals surface area contributed by atoms with E-state index in [1.807, 2.05) is 25.1 Å². The van der Waals surface area contributed by atoms with Gasteiger partial charge in [-0.3, -0.25) is 19.5 Å². The summed E-state index contributed by atoms with van der Waals surface area (Å²) >= 11 is 0. The van der Waals surface area contributed by atoms with Crippen LogP contribution in [0.25, 0.3) is 0 Å². The number of unbranched alkanes of at least 4 members (excludes halogenated alkanes) is 1. The van der Waals surface area contributed by atoms with Gasteiger partial charge in [0.05, 0.1) is 5.69 Å².